The molecule has 0 spiro atoms. The highest BCUT2D eigenvalue weighted by atomic mass is 16.6. The van der Waals surface area contributed by atoms with Gasteiger partial charge in [-0.3, -0.25) is 0 Å². The highest BCUT2D eigenvalue weighted by Gasteiger charge is 2.40. The van der Waals surface area contributed by atoms with Crippen LogP contribution in [0.15, 0.2) is 0 Å². The number of carbonyl (C=O) groups is 3. The van der Waals surface area contributed by atoms with E-state index in [1.165, 1.54) is 0 Å². The van der Waals surface area contributed by atoms with Crippen LogP contribution in [0.5, 0.6) is 0 Å². The molecule has 0 aromatic carbocycles. The number of hydrogen-bond donors (Lipinski definition) is 3. The monoisotopic (exact) mass is 400 g/mol. The molecule has 0 radical (unpaired) electrons. The second-order valence-electron chi connectivity index (χ2n) is 9.67. The number of amides is 2. The predicted octanol–water partition coefficient (Wildman–Crippen LogP) is 3.06. The van der Waals surface area contributed by atoms with Gasteiger partial charge in [0.2, 0.25) is 0 Å². The van der Waals surface area contributed by atoms with Gasteiger partial charge in [-0.15, -0.1) is 0 Å². The standard InChI is InChI=1S/C10H19NO3.C10H17NO3/c2*1-9(2,3)14-8(13)11-10(7-12)5-4-6-10/h12H,4-7H2,1-3H3,(H,11,13);7H,4-6H2,1-3H3,(H,11,13). The highest BCUT2D eigenvalue weighted by Crippen LogP contribution is 2.31. The number of aldehydes is 1. The fourth-order valence-corrected chi connectivity index (χ4v) is 2.78. The molecule has 2 aliphatic carbocycles. The molecule has 0 heterocycles. The molecule has 0 unspecified atom stereocenters. The van der Waals surface area contributed by atoms with Gasteiger partial charge in [0.05, 0.1) is 17.7 Å². The van der Waals surface area contributed by atoms with Crippen molar-refractivity contribution in [3.63, 3.8) is 0 Å². The third-order valence-electron chi connectivity index (χ3n) is 4.60. The van der Waals surface area contributed by atoms with Crippen LogP contribution in [0.25, 0.3) is 0 Å². The van der Waals surface area contributed by atoms with Crippen LogP contribution in [-0.4, -0.2) is 52.5 Å². The zero-order valence-electron chi connectivity index (χ0n) is 18.0. The average Bonchev–Trinajstić information content (AvgIpc) is 2.44. The second-order valence-corrected chi connectivity index (χ2v) is 9.67. The molecule has 8 heteroatoms. The van der Waals surface area contributed by atoms with Crippen molar-refractivity contribution < 1.29 is 29.0 Å². The van der Waals surface area contributed by atoms with Crippen LogP contribution < -0.4 is 10.6 Å². The molecule has 162 valence electrons. The lowest BCUT2D eigenvalue weighted by Crippen LogP contribution is -2.57. The largest absolute Gasteiger partial charge is 0.444 e. The number of nitrogens with one attached hydrogen (secondary N) is 2. The molecule has 28 heavy (non-hydrogen) atoms. The SMILES string of the molecule is CC(C)(C)OC(=O)NC1(C=O)CCC1.CC(C)(C)OC(=O)NC1(CO)CCC1. The molecule has 3 N–H and O–H groups in total. The molecule has 2 fully saturated rings. The van der Waals surface area contributed by atoms with E-state index in [0.717, 1.165) is 44.8 Å². The topological polar surface area (TPSA) is 114 Å². The minimum atomic E-state index is -0.650. The van der Waals surface area contributed by atoms with E-state index in [4.69, 9.17) is 14.6 Å². The lowest BCUT2D eigenvalue weighted by Gasteiger charge is -2.41. The zero-order chi connectivity index (χ0) is 21.6. The Bertz CT molecular complexity index is 549. The first-order valence-electron chi connectivity index (χ1n) is 9.83. The van der Waals surface area contributed by atoms with Crippen molar-refractivity contribution in [2.24, 2.45) is 0 Å². The average molecular weight is 401 g/mol. The van der Waals surface area contributed by atoms with Crippen LogP contribution in [0.4, 0.5) is 9.59 Å². The summed E-state index contributed by atoms with van der Waals surface area (Å²) < 4.78 is 10.2. The van der Waals surface area contributed by atoms with Gasteiger partial charge in [-0.05, 0) is 80.1 Å². The summed E-state index contributed by atoms with van der Waals surface area (Å²) in [4.78, 5) is 33.5. The summed E-state index contributed by atoms with van der Waals surface area (Å²) in [6, 6.07) is 0. The van der Waals surface area contributed by atoms with E-state index in [9.17, 15) is 14.4 Å². The van der Waals surface area contributed by atoms with Crippen molar-refractivity contribution in [3.8, 4) is 0 Å². The number of hydrogen-bond acceptors (Lipinski definition) is 6. The first-order valence-corrected chi connectivity index (χ1v) is 9.83. The van der Waals surface area contributed by atoms with Gasteiger partial charge in [0.15, 0.2) is 0 Å². The smallest absolute Gasteiger partial charge is 0.408 e. The lowest BCUT2D eigenvalue weighted by atomic mass is 9.77. The predicted molar refractivity (Wildman–Crippen MR) is 105 cm³/mol. The van der Waals surface area contributed by atoms with Crippen LogP contribution in [0.1, 0.15) is 80.1 Å². The summed E-state index contributed by atoms with van der Waals surface area (Å²) in [6.45, 7) is 10.8. The molecule has 2 rings (SSSR count). The van der Waals surface area contributed by atoms with Gasteiger partial charge in [0.25, 0.3) is 0 Å². The van der Waals surface area contributed by atoms with E-state index >= 15 is 0 Å². The summed E-state index contributed by atoms with van der Waals surface area (Å²) in [5.41, 5.74) is -2.06. The zero-order valence-corrected chi connectivity index (χ0v) is 18.0. The van der Waals surface area contributed by atoms with E-state index in [1.807, 2.05) is 20.8 Å². The fraction of sp³-hybridized carbons (Fsp3) is 0.850. The number of aliphatic hydroxyl groups excluding tert-OH is 1. The lowest BCUT2D eigenvalue weighted by molar-refractivity contribution is -0.116. The Balaban J connectivity index is 0.000000280. The minimum absolute atomic E-state index is 0.00770. The minimum Gasteiger partial charge on any atom is -0.444 e. The Morgan fingerprint density at radius 2 is 1.32 bits per heavy atom. The molecule has 0 aliphatic heterocycles. The molecule has 0 atom stereocenters. The molecule has 2 amide bonds. The third-order valence-corrected chi connectivity index (χ3v) is 4.60. The summed E-state index contributed by atoms with van der Waals surface area (Å²) in [6.07, 6.45) is 5.00. The molecule has 0 saturated heterocycles. The van der Waals surface area contributed by atoms with Crippen molar-refractivity contribution in [2.45, 2.75) is 102 Å². The maximum atomic E-state index is 11.4. The van der Waals surface area contributed by atoms with E-state index in [2.05, 4.69) is 10.6 Å². The van der Waals surface area contributed by atoms with Crippen LogP contribution >= 0.6 is 0 Å². The molecule has 0 aromatic heterocycles. The van der Waals surface area contributed by atoms with Gasteiger partial charge in [-0.25, -0.2) is 9.59 Å². The summed E-state index contributed by atoms with van der Waals surface area (Å²) in [5.74, 6) is 0. The van der Waals surface area contributed by atoms with E-state index in [-0.39, 0.29) is 6.61 Å². The van der Waals surface area contributed by atoms with Crippen molar-refractivity contribution >= 4 is 18.5 Å². The Kier molecular flexibility index (Phi) is 7.88. The number of aliphatic hydroxyl groups is 1. The molecular formula is C20H36N2O6. The van der Waals surface area contributed by atoms with Crippen molar-refractivity contribution in [1.29, 1.82) is 0 Å². The summed E-state index contributed by atoms with van der Waals surface area (Å²) in [7, 11) is 0. The van der Waals surface area contributed by atoms with E-state index in [0.29, 0.717) is 0 Å². The number of carbonyl (C=O) groups excluding carboxylic acids is 3. The maximum absolute atomic E-state index is 11.4. The number of rotatable bonds is 4. The first kappa shape index (κ1) is 24.2. The molecule has 8 nitrogen and oxygen atoms in total. The van der Waals surface area contributed by atoms with Gasteiger partial charge < -0.3 is 30.0 Å². The van der Waals surface area contributed by atoms with E-state index in [1.54, 1.807) is 20.8 Å². The van der Waals surface area contributed by atoms with Gasteiger partial charge in [-0.2, -0.15) is 0 Å². The van der Waals surface area contributed by atoms with Crippen LogP contribution in [0.2, 0.25) is 0 Å². The van der Waals surface area contributed by atoms with E-state index < -0.39 is 34.5 Å². The van der Waals surface area contributed by atoms with Gasteiger partial charge in [0.1, 0.15) is 17.5 Å². The Morgan fingerprint density at radius 3 is 1.57 bits per heavy atom. The summed E-state index contributed by atoms with van der Waals surface area (Å²) in [5, 5.41) is 14.4. The van der Waals surface area contributed by atoms with Crippen LogP contribution in [0, 0.1) is 0 Å². The van der Waals surface area contributed by atoms with Crippen molar-refractivity contribution in [1.82, 2.24) is 10.6 Å². The molecule has 0 bridgehead atoms. The molecule has 2 aliphatic rings. The quantitative estimate of drug-likeness (QED) is 0.625. The van der Waals surface area contributed by atoms with Crippen LogP contribution in [0.3, 0.4) is 0 Å². The molecular weight excluding hydrogens is 364 g/mol. The number of ether oxygens (including phenoxy) is 2. The van der Waals surface area contributed by atoms with Gasteiger partial charge in [-0.1, -0.05) is 0 Å². The van der Waals surface area contributed by atoms with Gasteiger partial charge in [0, 0.05) is 0 Å². The Labute approximate surface area is 167 Å². The highest BCUT2D eigenvalue weighted by molar-refractivity contribution is 5.77. The maximum Gasteiger partial charge on any atom is 0.408 e. The van der Waals surface area contributed by atoms with Crippen molar-refractivity contribution in [3.05, 3.63) is 0 Å². The summed E-state index contributed by atoms with van der Waals surface area (Å²) >= 11 is 0. The Morgan fingerprint density at radius 1 is 0.893 bits per heavy atom. The van der Waals surface area contributed by atoms with Crippen molar-refractivity contribution in [2.75, 3.05) is 6.61 Å². The third kappa shape index (κ3) is 8.04. The second kappa shape index (κ2) is 9.11. The number of alkyl carbamates (subject to hydrolysis) is 2. The molecule has 2 saturated carbocycles. The molecule has 0 aromatic rings. The Hall–Kier alpha value is -1.83. The first-order chi connectivity index (χ1) is 12.7. The fourth-order valence-electron chi connectivity index (χ4n) is 2.78. The van der Waals surface area contributed by atoms with Gasteiger partial charge >= 0.3 is 12.2 Å². The normalized spacial score (nSPS) is 19.5. The van der Waals surface area contributed by atoms with Crippen LogP contribution in [-0.2, 0) is 14.3 Å².